The second-order valence-electron chi connectivity index (χ2n) is 6.04. The van der Waals surface area contributed by atoms with Gasteiger partial charge in [-0.1, -0.05) is 12.1 Å². The first kappa shape index (κ1) is 18.1. The van der Waals surface area contributed by atoms with Gasteiger partial charge < -0.3 is 15.4 Å². The number of halogens is 1. The van der Waals surface area contributed by atoms with Gasteiger partial charge in [-0.15, -0.1) is 0 Å². The predicted octanol–water partition coefficient (Wildman–Crippen LogP) is 1.62. The Kier molecular flexibility index (Phi) is 5.62. The van der Waals surface area contributed by atoms with Crippen molar-refractivity contribution in [1.82, 2.24) is 20.8 Å². The van der Waals surface area contributed by atoms with Crippen LogP contribution in [0.4, 0.5) is 4.39 Å². The molecule has 1 aromatic heterocycles. The molecule has 1 aliphatic rings. The maximum Gasteiger partial charge on any atom is 0.308 e. The Hall–Kier alpha value is -2.74. The van der Waals surface area contributed by atoms with Gasteiger partial charge in [-0.3, -0.25) is 14.7 Å². The molecule has 1 atom stereocenters. The largest absolute Gasteiger partial charge is 0.466 e. The van der Waals surface area contributed by atoms with Crippen LogP contribution >= 0.6 is 0 Å². The quantitative estimate of drug-likeness (QED) is 0.681. The number of aromatic nitrogens is 2. The van der Waals surface area contributed by atoms with Crippen LogP contribution in [0, 0.1) is 5.82 Å². The number of esters is 1. The molecular weight excluding hydrogens is 339 g/mol. The van der Waals surface area contributed by atoms with Crippen LogP contribution in [0.2, 0.25) is 0 Å². The van der Waals surface area contributed by atoms with E-state index in [1.165, 1.54) is 12.1 Å². The van der Waals surface area contributed by atoms with Crippen LogP contribution in [-0.2, 0) is 22.5 Å². The van der Waals surface area contributed by atoms with E-state index in [1.807, 2.05) is 0 Å². The SMILES string of the molecule is CCOC(=O)CC(NC(=O)c1n[nH]c2c1CNCC2)c1ccc(F)cc1. The zero-order valence-corrected chi connectivity index (χ0v) is 14.5. The van der Waals surface area contributed by atoms with E-state index < -0.39 is 12.0 Å². The third-order valence-electron chi connectivity index (χ3n) is 4.28. The number of aromatic amines is 1. The average Bonchev–Trinajstić information content (AvgIpc) is 3.06. The lowest BCUT2D eigenvalue weighted by atomic mass is 10.0. The van der Waals surface area contributed by atoms with E-state index in [1.54, 1.807) is 19.1 Å². The monoisotopic (exact) mass is 360 g/mol. The molecule has 1 amide bonds. The molecule has 0 spiro atoms. The Morgan fingerprint density at radius 1 is 1.35 bits per heavy atom. The first-order valence-electron chi connectivity index (χ1n) is 8.57. The van der Waals surface area contributed by atoms with Crippen molar-refractivity contribution < 1.29 is 18.7 Å². The van der Waals surface area contributed by atoms with E-state index in [-0.39, 0.29) is 24.8 Å². The summed E-state index contributed by atoms with van der Waals surface area (Å²) >= 11 is 0. The van der Waals surface area contributed by atoms with E-state index in [9.17, 15) is 14.0 Å². The van der Waals surface area contributed by atoms with Gasteiger partial charge in [0.1, 0.15) is 5.82 Å². The molecule has 0 radical (unpaired) electrons. The molecule has 1 aromatic carbocycles. The number of amides is 1. The van der Waals surface area contributed by atoms with Crippen molar-refractivity contribution in [3.63, 3.8) is 0 Å². The lowest BCUT2D eigenvalue weighted by Crippen LogP contribution is -2.32. The number of carbonyl (C=O) groups is 2. The fourth-order valence-corrected chi connectivity index (χ4v) is 2.97. The zero-order valence-electron chi connectivity index (χ0n) is 14.5. The van der Waals surface area contributed by atoms with E-state index in [0.717, 1.165) is 24.2 Å². The number of hydrogen-bond donors (Lipinski definition) is 3. The molecule has 0 bridgehead atoms. The fourth-order valence-electron chi connectivity index (χ4n) is 2.97. The summed E-state index contributed by atoms with van der Waals surface area (Å²) in [5.41, 5.74) is 2.71. The number of fused-ring (bicyclic) bond motifs is 1. The van der Waals surface area contributed by atoms with Gasteiger partial charge in [-0.25, -0.2) is 4.39 Å². The number of nitrogens with one attached hydrogen (secondary N) is 3. The minimum atomic E-state index is -0.633. The van der Waals surface area contributed by atoms with Crippen molar-refractivity contribution >= 4 is 11.9 Å². The summed E-state index contributed by atoms with van der Waals surface area (Å²) in [5.74, 6) is -1.21. The average molecular weight is 360 g/mol. The minimum Gasteiger partial charge on any atom is -0.466 e. The molecule has 138 valence electrons. The number of ether oxygens (including phenoxy) is 1. The highest BCUT2D eigenvalue weighted by Gasteiger charge is 2.25. The molecule has 3 N–H and O–H groups in total. The predicted molar refractivity (Wildman–Crippen MR) is 91.9 cm³/mol. The summed E-state index contributed by atoms with van der Waals surface area (Å²) < 4.78 is 18.2. The molecule has 0 saturated heterocycles. The second-order valence-corrected chi connectivity index (χ2v) is 6.04. The van der Waals surface area contributed by atoms with Crippen molar-refractivity contribution in [2.75, 3.05) is 13.2 Å². The van der Waals surface area contributed by atoms with Crippen molar-refractivity contribution in [3.8, 4) is 0 Å². The van der Waals surface area contributed by atoms with E-state index >= 15 is 0 Å². The van der Waals surface area contributed by atoms with Gasteiger partial charge >= 0.3 is 5.97 Å². The summed E-state index contributed by atoms with van der Waals surface area (Å²) in [6.45, 7) is 3.36. The van der Waals surface area contributed by atoms with Crippen LogP contribution in [0.3, 0.4) is 0 Å². The topological polar surface area (TPSA) is 96.1 Å². The van der Waals surface area contributed by atoms with Gasteiger partial charge in [0, 0.05) is 30.8 Å². The fraction of sp³-hybridized carbons (Fsp3) is 0.389. The lowest BCUT2D eigenvalue weighted by Gasteiger charge is -2.19. The van der Waals surface area contributed by atoms with Gasteiger partial charge in [-0.2, -0.15) is 5.10 Å². The highest BCUT2D eigenvalue weighted by atomic mass is 19.1. The molecule has 0 aliphatic carbocycles. The molecule has 0 saturated carbocycles. The molecule has 8 heteroatoms. The molecular formula is C18H21FN4O3. The summed E-state index contributed by atoms with van der Waals surface area (Å²) in [4.78, 5) is 24.6. The van der Waals surface area contributed by atoms with Crippen LogP contribution < -0.4 is 10.6 Å². The van der Waals surface area contributed by atoms with Crippen molar-refractivity contribution in [2.24, 2.45) is 0 Å². The minimum absolute atomic E-state index is 0.0456. The Labute approximate surface area is 150 Å². The summed E-state index contributed by atoms with van der Waals surface area (Å²) in [7, 11) is 0. The Bertz CT molecular complexity index is 788. The van der Waals surface area contributed by atoms with E-state index in [2.05, 4.69) is 20.8 Å². The van der Waals surface area contributed by atoms with Crippen molar-refractivity contribution in [3.05, 3.63) is 52.6 Å². The molecule has 2 aromatic rings. The highest BCUT2D eigenvalue weighted by molar-refractivity contribution is 5.94. The van der Waals surface area contributed by atoms with Gasteiger partial charge in [0.2, 0.25) is 0 Å². The maximum absolute atomic E-state index is 13.2. The van der Waals surface area contributed by atoms with E-state index in [4.69, 9.17) is 4.74 Å². The molecule has 1 aliphatic heterocycles. The van der Waals surface area contributed by atoms with Crippen LogP contribution in [-0.4, -0.2) is 35.2 Å². The van der Waals surface area contributed by atoms with Crippen LogP contribution in [0.1, 0.15) is 46.7 Å². The van der Waals surface area contributed by atoms with Gasteiger partial charge in [0.25, 0.3) is 5.91 Å². The third kappa shape index (κ3) is 4.08. The van der Waals surface area contributed by atoms with Crippen LogP contribution in [0.25, 0.3) is 0 Å². The smallest absolute Gasteiger partial charge is 0.308 e. The Morgan fingerprint density at radius 2 is 2.12 bits per heavy atom. The standard InChI is InChI=1S/C18H21FN4O3/c1-2-26-16(24)9-15(11-3-5-12(19)6-4-11)21-18(25)17-13-10-20-8-7-14(13)22-23-17/h3-6,15,20H,2,7-10H2,1H3,(H,21,25)(H,22,23). The van der Waals surface area contributed by atoms with E-state index in [0.29, 0.717) is 17.8 Å². The number of nitrogens with zero attached hydrogens (tertiary/aromatic N) is 1. The molecule has 0 fully saturated rings. The Morgan fingerprint density at radius 3 is 2.85 bits per heavy atom. The normalized spacial score (nSPS) is 14.4. The molecule has 2 heterocycles. The van der Waals surface area contributed by atoms with Crippen LogP contribution in [0.15, 0.2) is 24.3 Å². The third-order valence-corrected chi connectivity index (χ3v) is 4.28. The molecule has 26 heavy (non-hydrogen) atoms. The number of carbonyl (C=O) groups excluding carboxylic acids is 2. The Balaban J connectivity index is 1.80. The van der Waals surface area contributed by atoms with Crippen molar-refractivity contribution in [2.45, 2.75) is 32.4 Å². The molecule has 7 nitrogen and oxygen atoms in total. The number of H-pyrrole nitrogens is 1. The summed E-state index contributed by atoms with van der Waals surface area (Å²) in [6, 6.07) is 5.04. The number of benzene rings is 1. The van der Waals surface area contributed by atoms with Gasteiger partial charge in [-0.05, 0) is 24.6 Å². The highest BCUT2D eigenvalue weighted by Crippen LogP contribution is 2.21. The zero-order chi connectivity index (χ0) is 18.5. The molecule has 1 unspecified atom stereocenters. The molecule has 3 rings (SSSR count). The summed E-state index contributed by atoms with van der Waals surface area (Å²) in [6.07, 6.45) is 0.732. The maximum atomic E-state index is 13.2. The number of rotatable bonds is 6. The second kappa shape index (κ2) is 8.09. The first-order chi connectivity index (χ1) is 12.6. The number of hydrogen-bond acceptors (Lipinski definition) is 5. The summed E-state index contributed by atoms with van der Waals surface area (Å²) in [5, 5.41) is 13.0. The van der Waals surface area contributed by atoms with Gasteiger partial charge in [0.15, 0.2) is 5.69 Å². The lowest BCUT2D eigenvalue weighted by molar-refractivity contribution is -0.143. The van der Waals surface area contributed by atoms with Gasteiger partial charge in [0.05, 0.1) is 19.1 Å². The van der Waals surface area contributed by atoms with Crippen molar-refractivity contribution in [1.29, 1.82) is 0 Å². The first-order valence-corrected chi connectivity index (χ1v) is 8.57. The van der Waals surface area contributed by atoms with Crippen LogP contribution in [0.5, 0.6) is 0 Å².